The van der Waals surface area contributed by atoms with Crippen molar-refractivity contribution >= 4 is 40.4 Å². The van der Waals surface area contributed by atoms with E-state index in [-0.39, 0.29) is 34.7 Å². The van der Waals surface area contributed by atoms with Gasteiger partial charge in [-0.25, -0.2) is 23.4 Å². The van der Waals surface area contributed by atoms with Gasteiger partial charge in [0.1, 0.15) is 5.52 Å². The summed E-state index contributed by atoms with van der Waals surface area (Å²) < 4.78 is 32.7. The number of nitrogens with zero attached hydrogens (tertiary/aromatic N) is 1. The molecule has 0 atom stereocenters. The Labute approximate surface area is 158 Å². The second-order valence-electron chi connectivity index (χ2n) is 6.30. The first-order valence-corrected chi connectivity index (χ1v) is 8.92. The van der Waals surface area contributed by atoms with Crippen LogP contribution in [0.2, 0.25) is 5.02 Å². The number of urea groups is 1. The first kappa shape index (κ1) is 19.3. The Morgan fingerprint density at radius 1 is 1.30 bits per heavy atom. The van der Waals surface area contributed by atoms with Crippen molar-refractivity contribution in [3.05, 3.63) is 22.5 Å². The normalized spacial score (nSPS) is 19.5. The Hall–Kier alpha value is -2.42. The van der Waals surface area contributed by atoms with Crippen LogP contribution in [0.25, 0.3) is 11.1 Å². The maximum Gasteiger partial charge on any atom is 0.392 e. The summed E-state index contributed by atoms with van der Waals surface area (Å²) in [5.41, 5.74) is -0.204. The molecule has 0 saturated heterocycles. The molecule has 1 spiro atoms. The van der Waals surface area contributed by atoms with Gasteiger partial charge in [-0.15, -0.1) is 0 Å². The fourth-order valence-electron chi connectivity index (χ4n) is 3.55. The Morgan fingerprint density at radius 2 is 1.93 bits per heavy atom. The lowest BCUT2D eigenvalue weighted by atomic mass is 9.73. The van der Waals surface area contributed by atoms with E-state index >= 15 is 0 Å². The van der Waals surface area contributed by atoms with Crippen LogP contribution in [-0.2, 0) is 5.54 Å². The fourth-order valence-corrected chi connectivity index (χ4v) is 3.79. The van der Waals surface area contributed by atoms with Gasteiger partial charge in [0.25, 0.3) is 0 Å². The zero-order valence-corrected chi connectivity index (χ0v) is 15.4. The van der Waals surface area contributed by atoms with E-state index in [0.29, 0.717) is 5.56 Å². The number of anilines is 1. The average molecular weight is 402 g/mol. The summed E-state index contributed by atoms with van der Waals surface area (Å²) in [6.45, 7) is 4.00. The molecule has 4 rings (SSSR count). The lowest BCUT2D eigenvalue weighted by molar-refractivity contribution is -0.0552. The van der Waals surface area contributed by atoms with Crippen molar-refractivity contribution in [1.29, 1.82) is 0 Å². The van der Waals surface area contributed by atoms with Crippen molar-refractivity contribution < 1.29 is 27.9 Å². The van der Waals surface area contributed by atoms with E-state index in [1.165, 1.54) is 6.07 Å². The molecule has 1 saturated carbocycles. The second kappa shape index (κ2) is 6.63. The number of fused-ring (bicyclic) bond motifs is 4. The van der Waals surface area contributed by atoms with Gasteiger partial charge in [0.2, 0.25) is 5.92 Å². The highest BCUT2D eigenvalue weighted by molar-refractivity contribution is 6.35. The van der Waals surface area contributed by atoms with Crippen molar-refractivity contribution in [2.45, 2.75) is 51.0 Å². The van der Waals surface area contributed by atoms with Crippen molar-refractivity contribution in [3.63, 3.8) is 0 Å². The third-order valence-electron chi connectivity index (χ3n) is 4.72. The molecule has 3 N–H and O–H groups in total. The van der Waals surface area contributed by atoms with E-state index in [1.54, 1.807) is 0 Å². The number of nitrogens with one attached hydrogen (secondary N) is 2. The van der Waals surface area contributed by atoms with Crippen molar-refractivity contribution in [2.24, 2.45) is 0 Å². The van der Waals surface area contributed by atoms with E-state index in [1.807, 2.05) is 13.8 Å². The summed E-state index contributed by atoms with van der Waals surface area (Å²) in [5.74, 6) is -4.71. The number of oxazole rings is 1. The summed E-state index contributed by atoms with van der Waals surface area (Å²) in [5, 5.41) is 14.5. The molecular weight excluding hydrogens is 384 g/mol. The van der Waals surface area contributed by atoms with Gasteiger partial charge in [0.15, 0.2) is 5.58 Å². The lowest BCUT2D eigenvalue weighted by Gasteiger charge is -2.44. The molecule has 7 nitrogen and oxygen atoms in total. The number of carboxylic acid groups (broad SMARTS) is 1. The Bertz CT molecular complexity index is 919. The molecular formula is C17H18ClF2N3O4. The van der Waals surface area contributed by atoms with Crippen molar-refractivity contribution in [3.8, 4) is 0 Å². The first-order chi connectivity index (χ1) is 12.7. The minimum Gasteiger partial charge on any atom is -0.474 e. The maximum atomic E-state index is 13.7. The number of hydrogen-bond donors (Lipinski definition) is 3. The van der Waals surface area contributed by atoms with Crippen LogP contribution in [0.1, 0.15) is 55.8 Å². The molecule has 2 amide bonds. The molecule has 0 radical (unpaired) electrons. The molecule has 1 aliphatic heterocycles. The Morgan fingerprint density at radius 3 is 2.52 bits per heavy atom. The summed E-state index contributed by atoms with van der Waals surface area (Å²) in [6, 6.07) is 0.819. The monoisotopic (exact) mass is 401 g/mol. The average Bonchev–Trinajstić information content (AvgIpc) is 3.03. The zero-order valence-electron chi connectivity index (χ0n) is 14.7. The van der Waals surface area contributed by atoms with Crippen LogP contribution >= 0.6 is 11.6 Å². The second-order valence-corrected chi connectivity index (χ2v) is 6.71. The number of carboxylic acids is 1. The number of hydrogen-bond acceptors (Lipinski definition) is 4. The molecule has 1 fully saturated rings. The quantitative estimate of drug-likeness (QED) is 0.639. The predicted octanol–water partition coefficient (Wildman–Crippen LogP) is 4.75. The van der Waals surface area contributed by atoms with Gasteiger partial charge in [0.05, 0.1) is 16.2 Å². The molecule has 2 aliphatic rings. The van der Waals surface area contributed by atoms with Crippen LogP contribution in [0.15, 0.2) is 10.5 Å². The largest absolute Gasteiger partial charge is 0.474 e. The van der Waals surface area contributed by atoms with Gasteiger partial charge in [-0.05, 0) is 18.9 Å². The third-order valence-corrected chi connectivity index (χ3v) is 5.02. The van der Waals surface area contributed by atoms with Gasteiger partial charge in [-0.2, -0.15) is 0 Å². The van der Waals surface area contributed by atoms with Crippen molar-refractivity contribution in [2.75, 3.05) is 5.32 Å². The summed E-state index contributed by atoms with van der Waals surface area (Å²) in [7, 11) is 0. The van der Waals surface area contributed by atoms with E-state index in [4.69, 9.17) is 21.1 Å². The SMILES string of the molecule is CC.O=C1Nc2c(Cl)cc3nc(C(=O)O)oc3c2C2(CCC(F)(F)CC2)N1. The number of carbonyl (C=O) groups excluding carboxylic acids is 1. The highest BCUT2D eigenvalue weighted by atomic mass is 35.5. The predicted molar refractivity (Wildman–Crippen MR) is 94.6 cm³/mol. The van der Waals surface area contributed by atoms with Crippen LogP contribution in [0.5, 0.6) is 0 Å². The molecule has 1 aromatic heterocycles. The Balaban J connectivity index is 0.00000102. The van der Waals surface area contributed by atoms with E-state index in [9.17, 15) is 18.4 Å². The zero-order chi connectivity index (χ0) is 20.0. The molecule has 1 aromatic carbocycles. The summed E-state index contributed by atoms with van der Waals surface area (Å²) in [6.07, 6.45) is -0.890. The van der Waals surface area contributed by atoms with E-state index in [2.05, 4.69) is 15.6 Å². The van der Waals surface area contributed by atoms with E-state index < -0.39 is 42.2 Å². The Kier molecular flexibility index (Phi) is 4.75. The minimum absolute atomic E-state index is 0.0288. The number of aromatic nitrogens is 1. The topological polar surface area (TPSA) is 104 Å². The van der Waals surface area contributed by atoms with Crippen LogP contribution < -0.4 is 10.6 Å². The highest BCUT2D eigenvalue weighted by Gasteiger charge is 2.50. The molecule has 2 heterocycles. The number of carbonyl (C=O) groups is 2. The number of benzene rings is 1. The van der Waals surface area contributed by atoms with Gasteiger partial charge >= 0.3 is 17.9 Å². The summed E-state index contributed by atoms with van der Waals surface area (Å²) in [4.78, 5) is 27.1. The molecule has 0 bridgehead atoms. The third kappa shape index (κ3) is 3.20. The van der Waals surface area contributed by atoms with Crippen LogP contribution in [0.3, 0.4) is 0 Å². The minimum atomic E-state index is -2.81. The molecule has 27 heavy (non-hydrogen) atoms. The molecule has 10 heteroatoms. The fraction of sp³-hybridized carbons (Fsp3) is 0.471. The highest BCUT2D eigenvalue weighted by Crippen LogP contribution is 2.51. The first-order valence-electron chi connectivity index (χ1n) is 8.55. The van der Waals surface area contributed by atoms with Gasteiger partial charge in [0, 0.05) is 18.4 Å². The maximum absolute atomic E-state index is 13.7. The number of alkyl halides is 2. The van der Waals surface area contributed by atoms with Crippen molar-refractivity contribution in [1.82, 2.24) is 10.3 Å². The standard InChI is InChI=1S/C15H12ClF2N3O4.C2H6/c16-6-5-7-10(25-11(19-7)12(22)23)8-9(6)20-13(24)21-14(8)1-3-15(17,18)4-2-14;1-2/h5H,1-4H2,(H,22,23)(H2,20,21,24);1-2H3. The smallest absolute Gasteiger partial charge is 0.392 e. The molecule has 2 aromatic rings. The van der Waals surface area contributed by atoms with Gasteiger partial charge in [-0.3, -0.25) is 0 Å². The number of halogens is 3. The molecule has 1 aliphatic carbocycles. The van der Waals surface area contributed by atoms with Crippen LogP contribution in [0.4, 0.5) is 19.3 Å². The molecule has 0 unspecified atom stereocenters. The molecule has 146 valence electrons. The number of rotatable bonds is 1. The number of aromatic carboxylic acids is 1. The summed E-state index contributed by atoms with van der Waals surface area (Å²) >= 11 is 6.21. The van der Waals surface area contributed by atoms with Gasteiger partial charge < -0.3 is 20.2 Å². The van der Waals surface area contributed by atoms with Crippen LogP contribution in [0, 0.1) is 0 Å². The van der Waals surface area contributed by atoms with Crippen LogP contribution in [-0.4, -0.2) is 28.0 Å². The van der Waals surface area contributed by atoms with Gasteiger partial charge in [-0.1, -0.05) is 25.4 Å². The lowest BCUT2D eigenvalue weighted by Crippen LogP contribution is -2.54. The van der Waals surface area contributed by atoms with E-state index in [0.717, 1.165) is 0 Å². The number of amides is 2.